The van der Waals surface area contributed by atoms with E-state index >= 15 is 0 Å². The molecule has 2 saturated carbocycles. The lowest BCUT2D eigenvalue weighted by Crippen LogP contribution is -2.44. The Labute approximate surface area is 221 Å². The molecular formula is C31H42O3SSi. The average Bonchev–Trinajstić information content (AvgIpc) is 3.08. The summed E-state index contributed by atoms with van der Waals surface area (Å²) in [5.41, 5.74) is 3.71. The van der Waals surface area contributed by atoms with E-state index in [2.05, 4.69) is 59.0 Å². The van der Waals surface area contributed by atoms with Crippen LogP contribution in [0.25, 0.3) is 0 Å². The van der Waals surface area contributed by atoms with Gasteiger partial charge in [-0.25, -0.2) is 0 Å². The van der Waals surface area contributed by atoms with Gasteiger partial charge in [-0.05, 0) is 110 Å². The van der Waals surface area contributed by atoms with Crippen molar-refractivity contribution in [3.8, 4) is 5.75 Å². The Morgan fingerprint density at radius 2 is 1.75 bits per heavy atom. The van der Waals surface area contributed by atoms with Crippen molar-refractivity contribution in [2.45, 2.75) is 101 Å². The van der Waals surface area contributed by atoms with Crippen LogP contribution in [0.15, 0.2) is 47.4 Å². The third kappa shape index (κ3) is 4.24. The van der Waals surface area contributed by atoms with Gasteiger partial charge in [-0.1, -0.05) is 51.5 Å². The molecule has 0 heterocycles. The molecule has 3 aliphatic carbocycles. The molecule has 5 heteroatoms. The molecule has 0 saturated heterocycles. The van der Waals surface area contributed by atoms with Crippen LogP contribution < -0.4 is 4.43 Å². The van der Waals surface area contributed by atoms with Gasteiger partial charge in [0.15, 0.2) is 5.78 Å². The van der Waals surface area contributed by atoms with E-state index in [1.165, 1.54) is 11.1 Å². The van der Waals surface area contributed by atoms with Crippen molar-refractivity contribution >= 4 is 24.9 Å². The summed E-state index contributed by atoms with van der Waals surface area (Å²) in [7, 11) is -3.16. The number of fused-ring (bicyclic) bond motifs is 5. The minimum Gasteiger partial charge on any atom is -0.543 e. The zero-order valence-electron chi connectivity index (χ0n) is 23.0. The van der Waals surface area contributed by atoms with Crippen LogP contribution in [0.5, 0.6) is 5.75 Å². The van der Waals surface area contributed by atoms with Gasteiger partial charge < -0.3 is 4.43 Å². The predicted molar refractivity (Wildman–Crippen MR) is 151 cm³/mol. The molecule has 2 aromatic rings. The van der Waals surface area contributed by atoms with Crippen molar-refractivity contribution in [2.75, 3.05) is 0 Å². The molecule has 36 heavy (non-hydrogen) atoms. The Bertz CT molecular complexity index is 1200. The number of Topliss-reactive ketones (excluding diaryl/α,β-unsaturated/α-hetero) is 1. The Morgan fingerprint density at radius 1 is 1.06 bits per heavy atom. The van der Waals surface area contributed by atoms with Crippen LogP contribution in [0.2, 0.25) is 18.1 Å². The molecule has 2 aromatic carbocycles. The molecule has 0 amide bonds. The summed E-state index contributed by atoms with van der Waals surface area (Å²) in [5.74, 6) is 2.57. The van der Waals surface area contributed by atoms with Crippen molar-refractivity contribution in [1.29, 1.82) is 0 Å². The van der Waals surface area contributed by atoms with E-state index in [1.54, 1.807) is 0 Å². The lowest BCUT2D eigenvalue weighted by atomic mass is 9.55. The molecule has 2 unspecified atom stereocenters. The number of rotatable bonds is 4. The van der Waals surface area contributed by atoms with Gasteiger partial charge in [-0.2, -0.15) is 0 Å². The van der Waals surface area contributed by atoms with Gasteiger partial charge in [0.2, 0.25) is 8.32 Å². The molecular weight excluding hydrogens is 480 g/mol. The standard InChI is InChI=1S/C31H42O3SSi/c1-20-8-12-23(13-9-20)35(33)28-19-27-26-14-10-21-18-22(34-36(6,7)30(2,3)4)11-15-24(21)25(26)16-17-31(27,5)29(28)32/h8-9,11-13,15,18,25-28H,10,14,16-17,19H2,1-7H3/t25-,26-,27+,28?,31+,35?/m1/s1. The Balaban J connectivity index is 1.38. The zero-order valence-corrected chi connectivity index (χ0v) is 24.8. The number of ketones is 1. The molecule has 3 aliphatic rings. The molecule has 5 rings (SSSR count). The van der Waals surface area contributed by atoms with Crippen molar-refractivity contribution in [3.63, 3.8) is 0 Å². The van der Waals surface area contributed by atoms with Gasteiger partial charge in [-0.3, -0.25) is 9.00 Å². The van der Waals surface area contributed by atoms with E-state index in [0.717, 1.165) is 48.3 Å². The second-order valence-electron chi connectivity index (χ2n) is 13.3. The van der Waals surface area contributed by atoms with Crippen LogP contribution in [0.3, 0.4) is 0 Å². The lowest BCUT2D eigenvalue weighted by Gasteiger charge is -2.48. The van der Waals surface area contributed by atoms with Crippen molar-refractivity contribution in [2.24, 2.45) is 17.3 Å². The minimum atomic E-state index is -1.88. The second kappa shape index (κ2) is 8.94. The smallest absolute Gasteiger partial charge is 0.250 e. The monoisotopic (exact) mass is 522 g/mol. The SMILES string of the molecule is Cc1ccc(S(=O)C2C[C@H]3[C@@H]4CCc5cc(O[Si](C)(C)C(C)(C)C)ccc5[C@H]4CC[C@]3(C)C2=O)cc1. The minimum absolute atomic E-state index is 0.173. The van der Waals surface area contributed by atoms with Crippen LogP contribution in [0.1, 0.15) is 76.0 Å². The first-order chi connectivity index (χ1) is 16.8. The molecule has 2 fully saturated rings. The van der Waals surface area contributed by atoms with Crippen molar-refractivity contribution < 1.29 is 13.4 Å². The molecule has 0 bridgehead atoms. The number of aryl methyl sites for hydroxylation is 2. The van der Waals surface area contributed by atoms with Crippen LogP contribution in [0.4, 0.5) is 0 Å². The maximum Gasteiger partial charge on any atom is 0.250 e. The Kier molecular flexibility index (Phi) is 6.43. The largest absolute Gasteiger partial charge is 0.543 e. The lowest BCUT2D eigenvalue weighted by molar-refractivity contribution is -0.129. The topological polar surface area (TPSA) is 43.4 Å². The first-order valence-electron chi connectivity index (χ1n) is 13.7. The fraction of sp³-hybridized carbons (Fsp3) is 0.581. The maximum atomic E-state index is 13.7. The van der Waals surface area contributed by atoms with E-state index in [4.69, 9.17) is 4.43 Å². The summed E-state index contributed by atoms with van der Waals surface area (Å²) in [6, 6.07) is 14.7. The highest BCUT2D eigenvalue weighted by atomic mass is 32.2. The van der Waals surface area contributed by atoms with Gasteiger partial charge in [0.05, 0.1) is 16.0 Å². The second-order valence-corrected chi connectivity index (χ2v) is 19.7. The molecule has 0 spiro atoms. The number of benzene rings is 2. The van der Waals surface area contributed by atoms with E-state index in [0.29, 0.717) is 17.8 Å². The highest BCUT2D eigenvalue weighted by Crippen LogP contribution is 2.60. The van der Waals surface area contributed by atoms with Crippen LogP contribution >= 0.6 is 0 Å². The van der Waals surface area contributed by atoms with Gasteiger partial charge in [0.25, 0.3) is 0 Å². The summed E-state index contributed by atoms with van der Waals surface area (Å²) in [4.78, 5) is 14.5. The fourth-order valence-electron chi connectivity index (χ4n) is 6.86. The molecule has 0 aliphatic heterocycles. The molecule has 6 atom stereocenters. The van der Waals surface area contributed by atoms with E-state index in [9.17, 15) is 9.00 Å². The van der Waals surface area contributed by atoms with Crippen LogP contribution in [0, 0.1) is 24.2 Å². The quantitative estimate of drug-likeness (QED) is 0.389. The summed E-state index contributed by atoms with van der Waals surface area (Å²) in [6.45, 7) is 15.7. The first kappa shape index (κ1) is 25.9. The molecule has 0 radical (unpaired) electrons. The zero-order chi connectivity index (χ0) is 26.0. The number of carbonyl (C=O) groups is 1. The molecule has 0 aromatic heterocycles. The molecule has 3 nitrogen and oxygen atoms in total. The van der Waals surface area contributed by atoms with E-state index < -0.39 is 19.1 Å². The first-order valence-corrected chi connectivity index (χ1v) is 17.8. The summed E-state index contributed by atoms with van der Waals surface area (Å²) in [6.07, 6.45) is 4.86. The predicted octanol–water partition coefficient (Wildman–Crippen LogP) is 7.59. The fourth-order valence-corrected chi connectivity index (χ4v) is 9.46. The summed E-state index contributed by atoms with van der Waals surface area (Å²) in [5, 5.41) is -0.199. The normalized spacial score (nSPS) is 30.8. The van der Waals surface area contributed by atoms with Gasteiger partial charge in [-0.15, -0.1) is 0 Å². The van der Waals surface area contributed by atoms with Crippen LogP contribution in [-0.4, -0.2) is 23.6 Å². The van der Waals surface area contributed by atoms with Gasteiger partial charge in [0.1, 0.15) is 5.75 Å². The van der Waals surface area contributed by atoms with E-state index in [-0.39, 0.29) is 21.5 Å². The Morgan fingerprint density at radius 3 is 2.42 bits per heavy atom. The molecule has 0 N–H and O–H groups in total. The van der Waals surface area contributed by atoms with Crippen molar-refractivity contribution in [1.82, 2.24) is 0 Å². The number of hydrogen-bond donors (Lipinski definition) is 0. The third-order valence-corrected chi connectivity index (χ3v) is 16.1. The summed E-state index contributed by atoms with van der Waals surface area (Å²) < 4.78 is 20.1. The average molecular weight is 523 g/mol. The van der Waals surface area contributed by atoms with Crippen LogP contribution in [-0.2, 0) is 22.0 Å². The van der Waals surface area contributed by atoms with Crippen molar-refractivity contribution in [3.05, 3.63) is 59.2 Å². The van der Waals surface area contributed by atoms with Gasteiger partial charge >= 0.3 is 0 Å². The maximum absolute atomic E-state index is 13.7. The van der Waals surface area contributed by atoms with Gasteiger partial charge in [0, 0.05) is 10.3 Å². The number of carbonyl (C=O) groups excluding carboxylic acids is 1. The van der Waals surface area contributed by atoms with E-state index in [1.807, 2.05) is 31.2 Å². The highest BCUT2D eigenvalue weighted by molar-refractivity contribution is 7.86. The summed E-state index contributed by atoms with van der Waals surface area (Å²) >= 11 is 0. The Hall–Kier alpha value is -1.72. The molecule has 194 valence electrons. The number of hydrogen-bond acceptors (Lipinski definition) is 3. The third-order valence-electron chi connectivity index (χ3n) is 10.1. The highest BCUT2D eigenvalue weighted by Gasteiger charge is 2.59.